The van der Waals surface area contributed by atoms with Gasteiger partial charge in [0.15, 0.2) is 0 Å². The van der Waals surface area contributed by atoms with Crippen molar-refractivity contribution in [1.29, 1.82) is 0 Å². The van der Waals surface area contributed by atoms with Gasteiger partial charge >= 0.3 is 0 Å². The summed E-state index contributed by atoms with van der Waals surface area (Å²) < 4.78 is 0. The number of carbonyl (C=O) groups is 1. The van der Waals surface area contributed by atoms with Crippen molar-refractivity contribution in [3.63, 3.8) is 0 Å². The Kier molecular flexibility index (Phi) is 4.24. The van der Waals surface area contributed by atoms with Crippen LogP contribution in [-0.4, -0.2) is 15.9 Å². The van der Waals surface area contributed by atoms with Crippen LogP contribution in [0.25, 0.3) is 0 Å². The Morgan fingerprint density at radius 3 is 2.53 bits per heavy atom. The number of rotatable bonds is 2. The average Bonchev–Trinajstić information content (AvgIpc) is 2.26. The van der Waals surface area contributed by atoms with Crippen LogP contribution in [0.2, 0.25) is 15.2 Å². The minimum absolute atomic E-state index is 0.126. The summed E-state index contributed by atoms with van der Waals surface area (Å²) in [5.74, 6) is -0.302. The Morgan fingerprint density at radius 1 is 1.16 bits per heavy atom. The lowest BCUT2D eigenvalue weighted by Crippen LogP contribution is -2.15. The molecular weight excluding hydrogens is 309 g/mol. The first-order valence-electron chi connectivity index (χ1n) is 5.23. The fourth-order valence-electron chi connectivity index (χ4n) is 1.43. The van der Waals surface area contributed by atoms with Crippen LogP contribution < -0.4 is 5.32 Å². The second-order valence-corrected chi connectivity index (χ2v) is 4.96. The third-order valence-electron chi connectivity index (χ3n) is 2.22. The molecule has 0 bridgehead atoms. The monoisotopic (exact) mass is 315 g/mol. The number of hydrogen-bond acceptors (Lipinski definition) is 3. The van der Waals surface area contributed by atoms with Crippen molar-refractivity contribution >= 4 is 46.7 Å². The Bertz CT molecular complexity index is 626. The highest BCUT2D eigenvalue weighted by Gasteiger charge is 2.12. The van der Waals surface area contributed by atoms with Gasteiger partial charge in [-0.25, -0.2) is 9.97 Å². The molecule has 1 aromatic heterocycles. The zero-order chi connectivity index (χ0) is 14.0. The second kappa shape index (κ2) is 5.74. The van der Waals surface area contributed by atoms with E-state index in [4.69, 9.17) is 34.8 Å². The van der Waals surface area contributed by atoms with Crippen molar-refractivity contribution in [3.8, 4) is 0 Å². The molecule has 0 aliphatic carbocycles. The Morgan fingerprint density at radius 2 is 1.89 bits per heavy atom. The van der Waals surface area contributed by atoms with Gasteiger partial charge in [-0.1, -0.05) is 34.8 Å². The number of anilines is 1. The topological polar surface area (TPSA) is 54.9 Å². The molecule has 0 fully saturated rings. The molecule has 2 aromatic rings. The lowest BCUT2D eigenvalue weighted by Gasteiger charge is -2.06. The Balaban J connectivity index is 2.25. The maximum Gasteiger partial charge on any atom is 0.259 e. The Labute approximate surface area is 124 Å². The molecule has 0 aliphatic heterocycles. The van der Waals surface area contributed by atoms with E-state index in [9.17, 15) is 4.79 Å². The maximum atomic E-state index is 12.0. The number of aryl methyl sites for hydroxylation is 1. The third-order valence-corrected chi connectivity index (χ3v) is 2.97. The molecule has 4 nitrogen and oxygen atoms in total. The zero-order valence-corrected chi connectivity index (χ0v) is 12.0. The van der Waals surface area contributed by atoms with Gasteiger partial charge in [0.25, 0.3) is 5.91 Å². The standard InChI is InChI=1S/C12H8Cl3N3O/c1-6-4-10(15)17-12(16-6)18-11(19)8-3-2-7(13)5-9(8)14/h2-5H,1H3,(H,16,17,18,19). The van der Waals surface area contributed by atoms with Crippen molar-refractivity contribution in [2.45, 2.75) is 6.92 Å². The van der Waals surface area contributed by atoms with Crippen LogP contribution in [0.4, 0.5) is 5.95 Å². The van der Waals surface area contributed by atoms with E-state index in [1.807, 2.05) is 0 Å². The molecule has 0 unspecified atom stereocenters. The molecule has 2 rings (SSSR count). The molecule has 0 saturated heterocycles. The number of nitrogens with one attached hydrogen (secondary N) is 1. The molecular formula is C12H8Cl3N3O. The van der Waals surface area contributed by atoms with Gasteiger partial charge in [-0.2, -0.15) is 0 Å². The van der Waals surface area contributed by atoms with E-state index in [2.05, 4.69) is 15.3 Å². The molecule has 0 aliphatic rings. The lowest BCUT2D eigenvalue weighted by molar-refractivity contribution is 0.102. The first-order chi connectivity index (χ1) is 8.95. The van der Waals surface area contributed by atoms with Gasteiger partial charge in [0.05, 0.1) is 10.6 Å². The van der Waals surface area contributed by atoms with E-state index in [1.165, 1.54) is 12.1 Å². The fraction of sp³-hybridized carbons (Fsp3) is 0.0833. The molecule has 19 heavy (non-hydrogen) atoms. The third kappa shape index (κ3) is 3.56. The largest absolute Gasteiger partial charge is 0.290 e. The van der Waals surface area contributed by atoms with Crippen molar-refractivity contribution in [2.24, 2.45) is 0 Å². The van der Waals surface area contributed by atoms with Gasteiger partial charge in [0, 0.05) is 10.7 Å². The number of benzene rings is 1. The van der Waals surface area contributed by atoms with Crippen molar-refractivity contribution in [1.82, 2.24) is 9.97 Å². The molecule has 0 atom stereocenters. The van der Waals surface area contributed by atoms with Crippen molar-refractivity contribution < 1.29 is 4.79 Å². The number of halogens is 3. The van der Waals surface area contributed by atoms with Crippen LogP contribution in [0, 0.1) is 6.92 Å². The second-order valence-electron chi connectivity index (χ2n) is 3.73. The summed E-state index contributed by atoms with van der Waals surface area (Å²) in [4.78, 5) is 20.0. The predicted octanol–water partition coefficient (Wildman–Crippen LogP) is 4.00. The van der Waals surface area contributed by atoms with Crippen LogP contribution >= 0.6 is 34.8 Å². The lowest BCUT2D eigenvalue weighted by atomic mass is 10.2. The van der Waals surface area contributed by atoms with Gasteiger partial charge in [-0.15, -0.1) is 0 Å². The van der Waals surface area contributed by atoms with Gasteiger partial charge in [0.2, 0.25) is 5.95 Å². The minimum atomic E-state index is -0.427. The highest BCUT2D eigenvalue weighted by Crippen LogP contribution is 2.21. The fourth-order valence-corrected chi connectivity index (χ4v) is 2.16. The predicted molar refractivity (Wildman–Crippen MR) is 76.2 cm³/mol. The van der Waals surface area contributed by atoms with Crippen LogP contribution in [0.15, 0.2) is 24.3 Å². The van der Waals surface area contributed by atoms with E-state index in [-0.39, 0.29) is 21.7 Å². The molecule has 0 saturated carbocycles. The van der Waals surface area contributed by atoms with Crippen LogP contribution in [-0.2, 0) is 0 Å². The summed E-state index contributed by atoms with van der Waals surface area (Å²) in [6, 6.07) is 6.18. The molecule has 1 N–H and O–H groups in total. The van der Waals surface area contributed by atoms with Crippen molar-refractivity contribution in [2.75, 3.05) is 5.32 Å². The minimum Gasteiger partial charge on any atom is -0.290 e. The molecule has 1 aromatic carbocycles. The molecule has 7 heteroatoms. The number of aromatic nitrogens is 2. The number of amides is 1. The summed E-state index contributed by atoms with van der Waals surface area (Å²) in [6.45, 7) is 1.75. The van der Waals surface area contributed by atoms with Crippen LogP contribution in [0.1, 0.15) is 16.1 Å². The van der Waals surface area contributed by atoms with Gasteiger partial charge in [0.1, 0.15) is 5.15 Å². The number of carbonyl (C=O) groups excluding carboxylic acids is 1. The number of hydrogen-bond donors (Lipinski definition) is 1. The van der Waals surface area contributed by atoms with E-state index >= 15 is 0 Å². The summed E-state index contributed by atoms with van der Waals surface area (Å²) in [6.07, 6.45) is 0. The molecule has 1 amide bonds. The first-order valence-corrected chi connectivity index (χ1v) is 6.36. The quantitative estimate of drug-likeness (QED) is 0.852. The van der Waals surface area contributed by atoms with Crippen molar-refractivity contribution in [3.05, 3.63) is 50.7 Å². The van der Waals surface area contributed by atoms with Crippen LogP contribution in [0.5, 0.6) is 0 Å². The Hall–Kier alpha value is -1.36. The summed E-state index contributed by atoms with van der Waals surface area (Å²) in [5.41, 5.74) is 0.935. The smallest absolute Gasteiger partial charge is 0.259 e. The van der Waals surface area contributed by atoms with E-state index in [1.54, 1.807) is 19.1 Å². The zero-order valence-electron chi connectivity index (χ0n) is 9.75. The summed E-state index contributed by atoms with van der Waals surface area (Å²) in [5, 5.41) is 3.49. The van der Waals surface area contributed by atoms with Gasteiger partial charge in [-0.05, 0) is 31.2 Å². The maximum absolute atomic E-state index is 12.0. The first kappa shape index (κ1) is 14.1. The molecule has 1 heterocycles. The molecule has 0 spiro atoms. The summed E-state index contributed by atoms with van der Waals surface area (Å²) >= 11 is 17.5. The van der Waals surface area contributed by atoms with E-state index in [0.717, 1.165) is 0 Å². The summed E-state index contributed by atoms with van der Waals surface area (Å²) in [7, 11) is 0. The molecule has 0 radical (unpaired) electrons. The average molecular weight is 317 g/mol. The highest BCUT2D eigenvalue weighted by atomic mass is 35.5. The van der Waals surface area contributed by atoms with Gasteiger partial charge < -0.3 is 0 Å². The SMILES string of the molecule is Cc1cc(Cl)nc(NC(=O)c2ccc(Cl)cc2Cl)n1. The van der Waals surface area contributed by atoms with Crippen LogP contribution in [0.3, 0.4) is 0 Å². The van der Waals surface area contributed by atoms with E-state index < -0.39 is 5.91 Å². The van der Waals surface area contributed by atoms with Gasteiger partial charge in [-0.3, -0.25) is 10.1 Å². The highest BCUT2D eigenvalue weighted by molar-refractivity contribution is 6.37. The van der Waals surface area contributed by atoms with E-state index in [0.29, 0.717) is 10.7 Å². The number of nitrogens with zero attached hydrogens (tertiary/aromatic N) is 2. The molecule has 98 valence electrons. The normalized spacial score (nSPS) is 10.3.